The van der Waals surface area contributed by atoms with Gasteiger partial charge in [0.15, 0.2) is 0 Å². The summed E-state index contributed by atoms with van der Waals surface area (Å²) in [5.41, 5.74) is 0. The van der Waals surface area contributed by atoms with Gasteiger partial charge in [0.2, 0.25) is 10.0 Å². The van der Waals surface area contributed by atoms with Gasteiger partial charge in [0.1, 0.15) is 0 Å². The maximum absolute atomic E-state index is 12.4. The number of thioether (sulfide) groups is 1. The molecule has 0 aromatic heterocycles. The van der Waals surface area contributed by atoms with Crippen LogP contribution in [-0.2, 0) is 10.0 Å². The monoisotopic (exact) mass is 342 g/mol. The SMILES string of the molecule is CSc1ccc(S(=O)(=O)N2CCNCC2)cc1Cl.Cl. The van der Waals surface area contributed by atoms with Gasteiger partial charge in [-0.15, -0.1) is 24.2 Å². The zero-order valence-corrected chi connectivity index (χ0v) is 13.6. The summed E-state index contributed by atoms with van der Waals surface area (Å²) in [7, 11) is -3.41. The van der Waals surface area contributed by atoms with Crippen LogP contribution in [0.5, 0.6) is 0 Å². The summed E-state index contributed by atoms with van der Waals surface area (Å²) in [6.45, 7) is 2.39. The number of piperazine rings is 1. The highest BCUT2D eigenvalue weighted by Crippen LogP contribution is 2.28. The number of nitrogens with one attached hydrogen (secondary N) is 1. The Balaban J connectivity index is 0.00000180. The van der Waals surface area contributed by atoms with E-state index >= 15 is 0 Å². The molecule has 1 aromatic carbocycles. The molecule has 0 atom stereocenters. The average Bonchev–Trinajstić information content (AvgIpc) is 2.39. The van der Waals surface area contributed by atoms with Crippen molar-refractivity contribution >= 4 is 45.8 Å². The first-order valence-corrected chi connectivity index (χ1v) is 8.64. The van der Waals surface area contributed by atoms with E-state index in [1.54, 1.807) is 12.1 Å². The summed E-state index contributed by atoms with van der Waals surface area (Å²) in [5, 5.41) is 3.62. The van der Waals surface area contributed by atoms with Crippen LogP contribution in [0, 0.1) is 0 Å². The minimum absolute atomic E-state index is 0. The van der Waals surface area contributed by atoms with Crippen molar-refractivity contribution in [3.8, 4) is 0 Å². The molecule has 1 aliphatic heterocycles. The highest BCUT2D eigenvalue weighted by Gasteiger charge is 2.26. The lowest BCUT2D eigenvalue weighted by Crippen LogP contribution is -2.46. The Morgan fingerprint density at radius 1 is 1.32 bits per heavy atom. The van der Waals surface area contributed by atoms with E-state index in [0.717, 1.165) is 4.90 Å². The van der Waals surface area contributed by atoms with Crippen molar-refractivity contribution < 1.29 is 8.42 Å². The van der Waals surface area contributed by atoms with Crippen LogP contribution in [0.1, 0.15) is 0 Å². The topological polar surface area (TPSA) is 49.4 Å². The largest absolute Gasteiger partial charge is 0.314 e. The van der Waals surface area contributed by atoms with Gasteiger partial charge < -0.3 is 5.32 Å². The van der Waals surface area contributed by atoms with Crippen LogP contribution in [0.15, 0.2) is 28.0 Å². The van der Waals surface area contributed by atoms with Crippen molar-refractivity contribution in [3.63, 3.8) is 0 Å². The lowest BCUT2D eigenvalue weighted by molar-refractivity contribution is 0.360. The Bertz CT molecular complexity index is 531. The van der Waals surface area contributed by atoms with Crippen LogP contribution in [-0.4, -0.2) is 45.2 Å². The van der Waals surface area contributed by atoms with E-state index in [-0.39, 0.29) is 17.3 Å². The fourth-order valence-corrected chi connectivity index (χ4v) is 4.24. The average molecular weight is 343 g/mol. The zero-order chi connectivity index (χ0) is 13.2. The predicted octanol–water partition coefficient (Wildman–Crippen LogP) is 2.08. The van der Waals surface area contributed by atoms with Crippen LogP contribution in [0.2, 0.25) is 5.02 Å². The van der Waals surface area contributed by atoms with E-state index in [4.69, 9.17) is 11.6 Å². The quantitative estimate of drug-likeness (QED) is 0.854. The number of hydrogen-bond acceptors (Lipinski definition) is 4. The van der Waals surface area contributed by atoms with Crippen molar-refractivity contribution in [1.82, 2.24) is 9.62 Å². The van der Waals surface area contributed by atoms with Crippen molar-refractivity contribution in [3.05, 3.63) is 23.2 Å². The minimum Gasteiger partial charge on any atom is -0.314 e. The summed E-state index contributed by atoms with van der Waals surface area (Å²) < 4.78 is 26.2. The number of rotatable bonds is 3. The number of benzene rings is 1. The van der Waals surface area contributed by atoms with Gasteiger partial charge in [-0.2, -0.15) is 4.31 Å². The fourth-order valence-electron chi connectivity index (χ4n) is 1.84. The molecular weight excluding hydrogens is 327 g/mol. The molecule has 0 saturated carbocycles. The molecule has 4 nitrogen and oxygen atoms in total. The molecule has 1 heterocycles. The van der Waals surface area contributed by atoms with Crippen LogP contribution >= 0.6 is 35.8 Å². The van der Waals surface area contributed by atoms with Gasteiger partial charge >= 0.3 is 0 Å². The third-order valence-corrected chi connectivity index (χ3v) is 5.95. The van der Waals surface area contributed by atoms with Crippen LogP contribution < -0.4 is 5.32 Å². The molecule has 0 spiro atoms. The Hall–Kier alpha value is 0.0200. The summed E-state index contributed by atoms with van der Waals surface area (Å²) in [5.74, 6) is 0. The normalized spacial score (nSPS) is 16.9. The second kappa shape index (κ2) is 7.15. The molecule has 108 valence electrons. The van der Waals surface area contributed by atoms with E-state index in [1.165, 1.54) is 22.1 Å². The second-order valence-electron chi connectivity index (χ2n) is 3.95. The Morgan fingerprint density at radius 3 is 2.47 bits per heavy atom. The third-order valence-electron chi connectivity index (χ3n) is 2.84. The van der Waals surface area contributed by atoms with Gasteiger partial charge in [0.25, 0.3) is 0 Å². The maximum Gasteiger partial charge on any atom is 0.243 e. The molecule has 2 rings (SSSR count). The molecule has 0 aliphatic carbocycles. The number of hydrogen-bond donors (Lipinski definition) is 1. The van der Waals surface area contributed by atoms with Gasteiger partial charge in [0.05, 0.1) is 9.92 Å². The molecule has 19 heavy (non-hydrogen) atoms. The lowest BCUT2D eigenvalue weighted by Gasteiger charge is -2.26. The molecule has 1 N–H and O–H groups in total. The van der Waals surface area contributed by atoms with E-state index in [9.17, 15) is 8.42 Å². The summed E-state index contributed by atoms with van der Waals surface area (Å²) in [6.07, 6.45) is 1.91. The van der Waals surface area contributed by atoms with E-state index in [2.05, 4.69) is 5.32 Å². The molecule has 0 amide bonds. The Labute approximate surface area is 129 Å². The number of halogens is 2. The molecule has 1 saturated heterocycles. The van der Waals surface area contributed by atoms with E-state index in [1.807, 2.05) is 6.26 Å². The van der Waals surface area contributed by atoms with Crippen molar-refractivity contribution in [2.24, 2.45) is 0 Å². The van der Waals surface area contributed by atoms with Gasteiger partial charge in [-0.05, 0) is 24.5 Å². The zero-order valence-electron chi connectivity index (χ0n) is 10.4. The second-order valence-corrected chi connectivity index (χ2v) is 7.14. The first-order chi connectivity index (χ1) is 8.55. The van der Waals surface area contributed by atoms with E-state index in [0.29, 0.717) is 31.2 Å². The summed E-state index contributed by atoms with van der Waals surface area (Å²) in [6, 6.07) is 4.90. The highest BCUT2D eigenvalue weighted by molar-refractivity contribution is 7.98. The van der Waals surface area contributed by atoms with E-state index < -0.39 is 10.0 Å². The molecule has 1 fully saturated rings. The molecule has 0 unspecified atom stereocenters. The molecule has 1 aromatic rings. The van der Waals surface area contributed by atoms with Crippen LogP contribution in [0.4, 0.5) is 0 Å². The van der Waals surface area contributed by atoms with Crippen molar-refractivity contribution in [2.45, 2.75) is 9.79 Å². The molecule has 0 radical (unpaired) electrons. The van der Waals surface area contributed by atoms with Crippen molar-refractivity contribution in [2.75, 3.05) is 32.4 Å². The maximum atomic E-state index is 12.4. The van der Waals surface area contributed by atoms with Crippen LogP contribution in [0.3, 0.4) is 0 Å². The highest BCUT2D eigenvalue weighted by atomic mass is 35.5. The van der Waals surface area contributed by atoms with Crippen LogP contribution in [0.25, 0.3) is 0 Å². The number of sulfonamides is 1. The standard InChI is InChI=1S/C11H15ClN2O2S2.ClH/c1-17-11-3-2-9(8-10(11)12)18(15,16)14-6-4-13-5-7-14;/h2-3,8,13H,4-7H2,1H3;1H. The molecule has 0 bridgehead atoms. The van der Waals surface area contributed by atoms with Crippen molar-refractivity contribution in [1.29, 1.82) is 0 Å². The molecule has 8 heteroatoms. The smallest absolute Gasteiger partial charge is 0.243 e. The third kappa shape index (κ3) is 3.77. The molecule has 1 aliphatic rings. The van der Waals surface area contributed by atoms with Gasteiger partial charge in [-0.1, -0.05) is 11.6 Å². The molecular formula is C11H16Cl2N2O2S2. The first-order valence-electron chi connectivity index (χ1n) is 5.60. The minimum atomic E-state index is -3.41. The number of nitrogens with zero attached hydrogens (tertiary/aromatic N) is 1. The predicted molar refractivity (Wildman–Crippen MR) is 82.1 cm³/mol. The lowest BCUT2D eigenvalue weighted by atomic mass is 10.4. The first kappa shape index (κ1) is 17.1. The fraction of sp³-hybridized carbons (Fsp3) is 0.455. The Morgan fingerprint density at radius 2 is 1.95 bits per heavy atom. The van der Waals surface area contributed by atoms with Gasteiger partial charge in [-0.25, -0.2) is 8.42 Å². The van der Waals surface area contributed by atoms with Gasteiger partial charge in [0, 0.05) is 31.1 Å². The Kier molecular flexibility index (Phi) is 6.42. The summed E-state index contributed by atoms with van der Waals surface area (Å²) >= 11 is 7.56. The summed E-state index contributed by atoms with van der Waals surface area (Å²) in [4.78, 5) is 1.16. The van der Waals surface area contributed by atoms with Gasteiger partial charge in [-0.3, -0.25) is 0 Å².